The van der Waals surface area contributed by atoms with Crippen molar-refractivity contribution in [3.8, 4) is 5.69 Å². The summed E-state index contributed by atoms with van der Waals surface area (Å²) in [5.41, 5.74) is 0.559. The Kier molecular flexibility index (Phi) is 5.51. The lowest BCUT2D eigenvalue weighted by molar-refractivity contribution is -0.387. The summed E-state index contributed by atoms with van der Waals surface area (Å²) in [5.74, 6) is -1.37. The van der Waals surface area contributed by atoms with E-state index in [-0.39, 0.29) is 21.3 Å². The Bertz CT molecular complexity index is 1230. The van der Waals surface area contributed by atoms with Crippen LogP contribution in [-0.4, -0.2) is 42.1 Å². The van der Waals surface area contributed by atoms with Crippen molar-refractivity contribution in [1.29, 1.82) is 0 Å². The van der Waals surface area contributed by atoms with Crippen LogP contribution in [0.2, 0.25) is 0 Å². The number of carbonyl (C=O) groups is 2. The average molecular weight is 453 g/mol. The van der Waals surface area contributed by atoms with Crippen LogP contribution in [0.4, 0.5) is 5.69 Å². The van der Waals surface area contributed by atoms with Crippen LogP contribution in [0, 0.1) is 10.1 Å². The Labute approximate surface area is 183 Å². The zero-order valence-electron chi connectivity index (χ0n) is 15.4. The van der Waals surface area contributed by atoms with Gasteiger partial charge in [0.15, 0.2) is 5.11 Å². The predicted octanol–water partition coefficient (Wildman–Crippen LogP) is 1.64. The maximum Gasteiger partial charge on any atom is 0.283 e. The normalized spacial score (nSPS) is 13.5. The number of nitro groups is 1. The van der Waals surface area contributed by atoms with Crippen molar-refractivity contribution in [2.45, 2.75) is 10.1 Å². The van der Waals surface area contributed by atoms with E-state index in [4.69, 9.17) is 12.2 Å². The van der Waals surface area contributed by atoms with Crippen LogP contribution in [0.15, 0.2) is 64.2 Å². The number of rotatable bonds is 5. The molecular weight excluding hydrogens is 442 g/mol. The molecule has 1 saturated heterocycles. The molecule has 2 heterocycles. The minimum Gasteiger partial charge on any atom is -0.299 e. The molecule has 154 valence electrons. The molecule has 4 rings (SSSR count). The molecule has 0 aliphatic carbocycles. The Balaban J connectivity index is 1.67. The summed E-state index contributed by atoms with van der Waals surface area (Å²) in [6.45, 7) is 0. The number of carbonyl (C=O) groups excluding carboxylic acids is 2. The SMILES string of the molecule is O=C1NC(=S)NC(=O)C1=Cc1ccc(Sc2nnnn2-c2ccccc2)c([N+](=O)[O-])c1. The van der Waals surface area contributed by atoms with Gasteiger partial charge in [-0.15, -0.1) is 5.10 Å². The molecule has 2 aromatic carbocycles. The number of aromatic nitrogens is 4. The Morgan fingerprint density at radius 3 is 2.48 bits per heavy atom. The smallest absolute Gasteiger partial charge is 0.283 e. The second-order valence-electron chi connectivity index (χ2n) is 6.09. The molecule has 13 heteroatoms. The molecule has 0 spiro atoms. The molecule has 0 saturated carbocycles. The number of amides is 2. The van der Waals surface area contributed by atoms with Gasteiger partial charge in [-0.25, -0.2) is 0 Å². The van der Waals surface area contributed by atoms with E-state index in [9.17, 15) is 19.7 Å². The third-order valence-electron chi connectivity index (χ3n) is 4.08. The number of hydrogen-bond acceptors (Lipinski definition) is 9. The molecular formula is C18H11N7O4S2. The molecule has 2 N–H and O–H groups in total. The van der Waals surface area contributed by atoms with Gasteiger partial charge < -0.3 is 0 Å². The van der Waals surface area contributed by atoms with Crippen molar-refractivity contribution < 1.29 is 14.5 Å². The summed E-state index contributed by atoms with van der Waals surface area (Å²) >= 11 is 5.76. The number of thiocarbonyl (C=S) groups is 1. The lowest BCUT2D eigenvalue weighted by Gasteiger charge is -2.16. The molecule has 1 aromatic heterocycles. The number of tetrazole rings is 1. The van der Waals surface area contributed by atoms with Gasteiger partial charge in [-0.3, -0.25) is 30.3 Å². The lowest BCUT2D eigenvalue weighted by atomic mass is 10.1. The largest absolute Gasteiger partial charge is 0.299 e. The van der Waals surface area contributed by atoms with Crippen LogP contribution in [0.25, 0.3) is 11.8 Å². The van der Waals surface area contributed by atoms with Crippen molar-refractivity contribution in [2.75, 3.05) is 0 Å². The first-order valence-electron chi connectivity index (χ1n) is 8.61. The van der Waals surface area contributed by atoms with Crippen molar-refractivity contribution in [3.63, 3.8) is 0 Å². The zero-order valence-corrected chi connectivity index (χ0v) is 17.0. The van der Waals surface area contributed by atoms with Crippen molar-refractivity contribution in [3.05, 3.63) is 69.8 Å². The molecule has 2 amide bonds. The van der Waals surface area contributed by atoms with Crippen LogP contribution in [0.3, 0.4) is 0 Å². The highest BCUT2D eigenvalue weighted by Crippen LogP contribution is 2.35. The standard InChI is InChI=1S/C18H11N7O4S2/c26-15-12(16(27)20-17(30)19-15)8-10-6-7-14(13(9-10)25(28)29)31-18-21-22-23-24(18)11-4-2-1-3-5-11/h1-9H,(H2,19,20,26,27,30). The number of nitrogens with zero attached hydrogens (tertiary/aromatic N) is 5. The second-order valence-corrected chi connectivity index (χ2v) is 7.51. The van der Waals surface area contributed by atoms with Crippen LogP contribution < -0.4 is 10.6 Å². The first-order chi connectivity index (χ1) is 14.9. The van der Waals surface area contributed by atoms with Gasteiger partial charge in [0.05, 0.1) is 15.5 Å². The minimum absolute atomic E-state index is 0.0963. The van der Waals surface area contributed by atoms with Gasteiger partial charge in [0.25, 0.3) is 17.5 Å². The molecule has 0 bridgehead atoms. The minimum atomic E-state index is -0.683. The number of nitro benzene ring substituents is 1. The summed E-state index contributed by atoms with van der Waals surface area (Å²) in [7, 11) is 0. The summed E-state index contributed by atoms with van der Waals surface area (Å²) in [4.78, 5) is 35.4. The molecule has 0 radical (unpaired) electrons. The van der Waals surface area contributed by atoms with Crippen LogP contribution in [-0.2, 0) is 9.59 Å². The van der Waals surface area contributed by atoms with Crippen molar-refractivity contribution >= 4 is 52.7 Å². The fourth-order valence-corrected chi connectivity index (χ4v) is 3.76. The van der Waals surface area contributed by atoms with Gasteiger partial charge in [-0.05, 0) is 64.2 Å². The van der Waals surface area contributed by atoms with Gasteiger partial charge in [0, 0.05) is 6.07 Å². The van der Waals surface area contributed by atoms with Crippen LogP contribution in [0.5, 0.6) is 0 Å². The maximum atomic E-state index is 12.0. The zero-order chi connectivity index (χ0) is 22.0. The topological polar surface area (TPSA) is 145 Å². The molecule has 11 nitrogen and oxygen atoms in total. The summed E-state index contributed by atoms with van der Waals surface area (Å²) in [6, 6.07) is 13.4. The van der Waals surface area contributed by atoms with Gasteiger partial charge in [-0.2, -0.15) is 4.68 Å². The lowest BCUT2D eigenvalue weighted by Crippen LogP contribution is -2.51. The van der Waals surface area contributed by atoms with Gasteiger partial charge in [-0.1, -0.05) is 24.3 Å². The fourth-order valence-electron chi connectivity index (χ4n) is 2.70. The molecule has 3 aromatic rings. The van der Waals surface area contributed by atoms with E-state index >= 15 is 0 Å². The van der Waals surface area contributed by atoms with Gasteiger partial charge >= 0.3 is 0 Å². The van der Waals surface area contributed by atoms with E-state index in [1.807, 2.05) is 18.2 Å². The first-order valence-corrected chi connectivity index (χ1v) is 9.83. The molecule has 1 aliphatic rings. The summed E-state index contributed by atoms with van der Waals surface area (Å²) in [6.07, 6.45) is 1.25. The number of benzene rings is 2. The van der Waals surface area contributed by atoms with Gasteiger partial charge in [0.1, 0.15) is 5.57 Å². The molecule has 0 atom stereocenters. The van der Waals surface area contributed by atoms with E-state index in [2.05, 4.69) is 26.2 Å². The number of hydrogen-bond donors (Lipinski definition) is 2. The van der Waals surface area contributed by atoms with E-state index in [1.165, 1.54) is 22.9 Å². The summed E-state index contributed by atoms with van der Waals surface area (Å²) < 4.78 is 1.46. The highest BCUT2D eigenvalue weighted by Gasteiger charge is 2.26. The van der Waals surface area contributed by atoms with Gasteiger partial charge in [0.2, 0.25) is 5.16 Å². The first kappa shape index (κ1) is 20.3. The predicted molar refractivity (Wildman–Crippen MR) is 113 cm³/mol. The molecule has 0 unspecified atom stereocenters. The van der Waals surface area contributed by atoms with Crippen molar-refractivity contribution in [1.82, 2.24) is 30.8 Å². The highest BCUT2D eigenvalue weighted by atomic mass is 32.2. The monoisotopic (exact) mass is 453 g/mol. The maximum absolute atomic E-state index is 12.0. The van der Waals surface area contributed by atoms with E-state index in [0.717, 1.165) is 11.8 Å². The fraction of sp³-hybridized carbons (Fsp3) is 0. The number of nitrogens with one attached hydrogen (secondary N) is 2. The molecule has 1 aliphatic heterocycles. The Morgan fingerprint density at radius 2 is 1.81 bits per heavy atom. The van der Waals surface area contributed by atoms with Crippen molar-refractivity contribution in [2.24, 2.45) is 0 Å². The average Bonchev–Trinajstić information content (AvgIpc) is 3.20. The third kappa shape index (κ3) is 4.31. The quantitative estimate of drug-likeness (QED) is 0.194. The van der Waals surface area contributed by atoms with E-state index < -0.39 is 16.7 Å². The summed E-state index contributed by atoms with van der Waals surface area (Å²) in [5, 5.41) is 28.0. The Hall–Kier alpha value is -3.97. The van der Waals surface area contributed by atoms with Crippen LogP contribution >= 0.6 is 24.0 Å². The molecule has 31 heavy (non-hydrogen) atoms. The Morgan fingerprint density at radius 1 is 1.10 bits per heavy atom. The molecule has 1 fully saturated rings. The van der Waals surface area contributed by atoms with E-state index in [1.54, 1.807) is 18.2 Å². The second kappa shape index (κ2) is 8.41. The number of para-hydroxylation sites is 1. The third-order valence-corrected chi connectivity index (χ3v) is 5.28. The highest BCUT2D eigenvalue weighted by molar-refractivity contribution is 7.99. The van der Waals surface area contributed by atoms with E-state index in [0.29, 0.717) is 16.4 Å². The van der Waals surface area contributed by atoms with Crippen LogP contribution in [0.1, 0.15) is 5.56 Å².